The molecule has 0 saturated carbocycles. The van der Waals surface area contributed by atoms with E-state index in [9.17, 15) is 9.59 Å². The summed E-state index contributed by atoms with van der Waals surface area (Å²) in [6.45, 7) is -0.469. The summed E-state index contributed by atoms with van der Waals surface area (Å²) in [6.07, 6.45) is 1.36. The van der Waals surface area contributed by atoms with Crippen LogP contribution in [0.5, 0.6) is 11.5 Å². The van der Waals surface area contributed by atoms with Gasteiger partial charge in [-0.3, -0.25) is 10.1 Å². The Balaban J connectivity index is 1.39. The lowest BCUT2D eigenvalue weighted by molar-refractivity contribution is -0.119. The number of esters is 1. The van der Waals surface area contributed by atoms with Crippen molar-refractivity contribution in [3.8, 4) is 28.4 Å². The second-order valence-electron chi connectivity index (χ2n) is 6.12. The Labute approximate surface area is 189 Å². The maximum Gasteiger partial charge on any atom is 0.351 e. The highest BCUT2D eigenvalue weighted by Crippen LogP contribution is 2.35. The zero-order valence-corrected chi connectivity index (χ0v) is 18.5. The number of carbonyl (C=O) groups excluding carboxylic acids is 2. The average molecular weight is 473 g/mol. The molecule has 1 N–H and O–H groups in total. The van der Waals surface area contributed by atoms with E-state index < -0.39 is 18.5 Å². The fourth-order valence-corrected chi connectivity index (χ4v) is 4.23. The third kappa shape index (κ3) is 4.58. The summed E-state index contributed by atoms with van der Waals surface area (Å²) in [5.41, 5.74) is 1.81. The van der Waals surface area contributed by atoms with E-state index in [1.54, 1.807) is 49.2 Å². The van der Waals surface area contributed by atoms with E-state index in [1.807, 2.05) is 0 Å². The summed E-state index contributed by atoms with van der Waals surface area (Å²) < 4.78 is 17.1. The number of hydrogen-bond acceptors (Lipinski definition) is 11. The maximum absolute atomic E-state index is 12.4. The number of hydrogen-bond donors (Lipinski definition) is 1. The van der Waals surface area contributed by atoms with Gasteiger partial charge < -0.3 is 14.2 Å². The van der Waals surface area contributed by atoms with Crippen LogP contribution >= 0.6 is 22.7 Å². The van der Waals surface area contributed by atoms with Crippen molar-refractivity contribution in [1.29, 1.82) is 0 Å². The minimum Gasteiger partial charge on any atom is -0.497 e. The van der Waals surface area contributed by atoms with Gasteiger partial charge in [-0.05, 0) is 40.1 Å². The third-order valence-corrected chi connectivity index (χ3v) is 5.83. The van der Waals surface area contributed by atoms with Crippen LogP contribution in [0.25, 0.3) is 16.9 Å². The Morgan fingerprint density at radius 2 is 2.03 bits per heavy atom. The fourth-order valence-electron chi connectivity index (χ4n) is 2.73. The number of tetrazole rings is 1. The van der Waals surface area contributed by atoms with Gasteiger partial charge >= 0.3 is 5.97 Å². The SMILES string of the molecule is COc1ccc(OC)c(-c2csc(NC(=O)COC(=O)c3sccc3-n3cnnn3)n2)c1. The zero-order chi connectivity index (χ0) is 22.5. The molecule has 0 unspecified atom stereocenters. The minimum absolute atomic E-state index is 0.284. The average Bonchev–Trinajstić information content (AvgIpc) is 3.58. The van der Waals surface area contributed by atoms with Crippen molar-refractivity contribution < 1.29 is 23.8 Å². The number of rotatable bonds is 8. The van der Waals surface area contributed by atoms with Gasteiger partial charge in [0, 0.05) is 10.9 Å². The first-order valence-corrected chi connectivity index (χ1v) is 10.8. The van der Waals surface area contributed by atoms with E-state index in [1.165, 1.54) is 22.3 Å². The van der Waals surface area contributed by atoms with Gasteiger partial charge in [-0.2, -0.15) is 4.68 Å². The van der Waals surface area contributed by atoms with Crippen molar-refractivity contribution in [3.05, 3.63) is 46.2 Å². The van der Waals surface area contributed by atoms with Gasteiger partial charge in [0.25, 0.3) is 5.91 Å². The standard InChI is InChI=1S/C19H16N6O5S2/c1-28-11-3-4-15(29-2)12(7-11)13-9-32-19(21-13)22-16(26)8-30-18(27)17-14(5-6-31-17)25-10-20-23-24-25/h3-7,9-10H,8H2,1-2H3,(H,21,22,26). The second kappa shape index (κ2) is 9.53. The molecular weight excluding hydrogens is 456 g/mol. The lowest BCUT2D eigenvalue weighted by Crippen LogP contribution is -2.21. The lowest BCUT2D eigenvalue weighted by Gasteiger charge is -2.08. The van der Waals surface area contributed by atoms with Crippen LogP contribution in [-0.4, -0.2) is 57.9 Å². The summed E-state index contributed by atoms with van der Waals surface area (Å²) in [4.78, 5) is 29.4. The number of thiazole rings is 1. The van der Waals surface area contributed by atoms with Crippen LogP contribution in [0.4, 0.5) is 5.13 Å². The topological polar surface area (TPSA) is 130 Å². The van der Waals surface area contributed by atoms with Gasteiger partial charge in [0.15, 0.2) is 11.7 Å². The van der Waals surface area contributed by atoms with Crippen LogP contribution < -0.4 is 14.8 Å². The molecule has 32 heavy (non-hydrogen) atoms. The largest absolute Gasteiger partial charge is 0.497 e. The van der Waals surface area contributed by atoms with Gasteiger partial charge in [-0.15, -0.1) is 27.8 Å². The summed E-state index contributed by atoms with van der Waals surface area (Å²) in [5, 5.41) is 17.3. The third-order valence-electron chi connectivity index (χ3n) is 4.19. The van der Waals surface area contributed by atoms with Gasteiger partial charge in [-0.1, -0.05) is 0 Å². The Hall–Kier alpha value is -3.84. The van der Waals surface area contributed by atoms with E-state index in [-0.39, 0.29) is 4.88 Å². The molecule has 1 amide bonds. The molecule has 0 aliphatic carbocycles. The predicted octanol–water partition coefficient (Wildman–Crippen LogP) is 2.66. The molecule has 4 rings (SSSR count). The molecule has 0 spiro atoms. The van der Waals surface area contributed by atoms with E-state index in [4.69, 9.17) is 14.2 Å². The number of carbonyl (C=O) groups is 2. The molecule has 0 saturated heterocycles. The normalized spacial score (nSPS) is 10.6. The number of aromatic nitrogens is 5. The predicted molar refractivity (Wildman–Crippen MR) is 117 cm³/mol. The van der Waals surface area contributed by atoms with Crippen molar-refractivity contribution in [3.63, 3.8) is 0 Å². The molecule has 164 valence electrons. The molecule has 13 heteroatoms. The number of thiophene rings is 1. The van der Waals surface area contributed by atoms with Crippen LogP contribution in [0, 0.1) is 0 Å². The number of nitrogens with zero attached hydrogens (tertiary/aromatic N) is 5. The number of benzene rings is 1. The molecule has 1 aromatic carbocycles. The molecule has 3 heterocycles. The zero-order valence-electron chi connectivity index (χ0n) is 16.8. The number of anilines is 1. The molecule has 0 radical (unpaired) electrons. The molecule has 4 aromatic rings. The lowest BCUT2D eigenvalue weighted by atomic mass is 10.1. The smallest absolute Gasteiger partial charge is 0.351 e. The molecule has 11 nitrogen and oxygen atoms in total. The highest BCUT2D eigenvalue weighted by atomic mass is 32.1. The Morgan fingerprint density at radius 3 is 2.78 bits per heavy atom. The Bertz CT molecular complexity index is 1240. The molecule has 0 aliphatic heterocycles. The van der Waals surface area contributed by atoms with Crippen molar-refractivity contribution >= 4 is 39.7 Å². The number of nitrogens with one attached hydrogen (secondary N) is 1. The molecule has 0 bridgehead atoms. The summed E-state index contributed by atoms with van der Waals surface area (Å²) in [7, 11) is 3.13. The first-order chi connectivity index (χ1) is 15.6. The molecule has 0 aliphatic rings. The molecular formula is C19H16N6O5S2. The first kappa shape index (κ1) is 21.4. The van der Waals surface area contributed by atoms with Crippen LogP contribution in [-0.2, 0) is 9.53 Å². The highest BCUT2D eigenvalue weighted by Gasteiger charge is 2.19. The van der Waals surface area contributed by atoms with Gasteiger partial charge in [0.05, 0.1) is 25.6 Å². The van der Waals surface area contributed by atoms with Crippen molar-refractivity contribution in [2.45, 2.75) is 0 Å². The van der Waals surface area contributed by atoms with E-state index >= 15 is 0 Å². The van der Waals surface area contributed by atoms with Crippen molar-refractivity contribution in [2.24, 2.45) is 0 Å². The van der Waals surface area contributed by atoms with Crippen LogP contribution in [0.1, 0.15) is 9.67 Å². The molecule has 3 aromatic heterocycles. The quantitative estimate of drug-likeness (QED) is 0.385. The summed E-state index contributed by atoms with van der Waals surface area (Å²) in [5.74, 6) is 0.108. The highest BCUT2D eigenvalue weighted by molar-refractivity contribution is 7.14. The summed E-state index contributed by atoms with van der Waals surface area (Å²) in [6, 6.07) is 7.04. The van der Waals surface area contributed by atoms with Crippen LogP contribution in [0.15, 0.2) is 41.4 Å². The van der Waals surface area contributed by atoms with Crippen molar-refractivity contribution in [1.82, 2.24) is 25.2 Å². The number of methoxy groups -OCH3 is 2. The second-order valence-corrected chi connectivity index (χ2v) is 7.89. The first-order valence-electron chi connectivity index (χ1n) is 9.04. The molecule has 0 atom stereocenters. The number of ether oxygens (including phenoxy) is 3. The van der Waals surface area contributed by atoms with Crippen LogP contribution in [0.3, 0.4) is 0 Å². The Morgan fingerprint density at radius 1 is 1.16 bits per heavy atom. The minimum atomic E-state index is -0.651. The van der Waals surface area contributed by atoms with Gasteiger partial charge in [0.2, 0.25) is 0 Å². The van der Waals surface area contributed by atoms with Crippen molar-refractivity contribution in [2.75, 3.05) is 26.1 Å². The van der Waals surface area contributed by atoms with E-state index in [0.29, 0.717) is 28.0 Å². The van der Waals surface area contributed by atoms with Gasteiger partial charge in [-0.25, -0.2) is 9.78 Å². The fraction of sp³-hybridized carbons (Fsp3) is 0.158. The Kier molecular flexibility index (Phi) is 6.37. The van der Waals surface area contributed by atoms with E-state index in [0.717, 1.165) is 16.9 Å². The van der Waals surface area contributed by atoms with E-state index in [2.05, 4.69) is 25.8 Å². The summed E-state index contributed by atoms with van der Waals surface area (Å²) >= 11 is 2.40. The molecule has 0 fully saturated rings. The van der Waals surface area contributed by atoms with Crippen LogP contribution in [0.2, 0.25) is 0 Å². The van der Waals surface area contributed by atoms with Gasteiger partial charge in [0.1, 0.15) is 22.7 Å². The maximum atomic E-state index is 12.4. The monoisotopic (exact) mass is 472 g/mol. The number of amides is 1.